The minimum absolute atomic E-state index is 0.0659. The number of urea groups is 1. The standard InChI is InChI=1S/C10H14N2O/c1-11-10(13)12(2)8-9-6-4-3-5-7-9/h3-7H,8H2,1-2H3,(H,11,13). The number of nitrogens with one attached hydrogen (secondary N) is 1. The van der Waals surface area contributed by atoms with Crippen molar-refractivity contribution in [3.05, 3.63) is 35.9 Å². The fourth-order valence-corrected chi connectivity index (χ4v) is 1.12. The summed E-state index contributed by atoms with van der Waals surface area (Å²) in [7, 11) is 3.40. The van der Waals surface area contributed by atoms with Crippen molar-refractivity contribution in [1.82, 2.24) is 10.2 Å². The molecule has 1 rings (SSSR count). The Labute approximate surface area is 78.4 Å². The van der Waals surface area contributed by atoms with Gasteiger partial charge in [0, 0.05) is 20.6 Å². The molecule has 1 N–H and O–H groups in total. The zero-order valence-electron chi connectivity index (χ0n) is 7.95. The molecular weight excluding hydrogens is 164 g/mol. The lowest BCUT2D eigenvalue weighted by atomic mass is 10.2. The van der Waals surface area contributed by atoms with E-state index >= 15 is 0 Å². The molecule has 1 aromatic carbocycles. The highest BCUT2D eigenvalue weighted by Crippen LogP contribution is 2.01. The molecule has 0 spiro atoms. The predicted octanol–water partition coefficient (Wildman–Crippen LogP) is 1.46. The van der Waals surface area contributed by atoms with Gasteiger partial charge < -0.3 is 10.2 Å². The van der Waals surface area contributed by atoms with Crippen LogP contribution in [0.15, 0.2) is 30.3 Å². The van der Waals surface area contributed by atoms with Gasteiger partial charge in [-0.15, -0.1) is 0 Å². The van der Waals surface area contributed by atoms with E-state index in [9.17, 15) is 4.79 Å². The summed E-state index contributed by atoms with van der Waals surface area (Å²) in [5.41, 5.74) is 1.13. The van der Waals surface area contributed by atoms with E-state index in [1.807, 2.05) is 30.3 Å². The van der Waals surface area contributed by atoms with E-state index in [-0.39, 0.29) is 6.03 Å². The Balaban J connectivity index is 2.55. The molecule has 0 saturated heterocycles. The molecule has 0 fully saturated rings. The smallest absolute Gasteiger partial charge is 0.317 e. The first kappa shape index (κ1) is 9.58. The number of carbonyl (C=O) groups excluding carboxylic acids is 1. The molecule has 0 aliphatic rings. The quantitative estimate of drug-likeness (QED) is 0.730. The van der Waals surface area contributed by atoms with Gasteiger partial charge in [0.1, 0.15) is 0 Å². The van der Waals surface area contributed by atoms with Crippen LogP contribution in [0.5, 0.6) is 0 Å². The van der Waals surface area contributed by atoms with Crippen LogP contribution in [0, 0.1) is 0 Å². The lowest BCUT2D eigenvalue weighted by Gasteiger charge is -2.16. The Hall–Kier alpha value is -1.51. The highest BCUT2D eigenvalue weighted by Gasteiger charge is 2.04. The highest BCUT2D eigenvalue weighted by atomic mass is 16.2. The Morgan fingerprint density at radius 3 is 2.54 bits per heavy atom. The molecule has 0 bridgehead atoms. The van der Waals surface area contributed by atoms with E-state index in [0.29, 0.717) is 6.54 Å². The number of nitrogens with zero attached hydrogens (tertiary/aromatic N) is 1. The summed E-state index contributed by atoms with van der Waals surface area (Å²) in [6.45, 7) is 0.639. The van der Waals surface area contributed by atoms with Crippen LogP contribution in [-0.2, 0) is 6.54 Å². The molecule has 2 amide bonds. The molecule has 0 unspecified atom stereocenters. The van der Waals surface area contributed by atoms with Crippen LogP contribution in [0.4, 0.5) is 4.79 Å². The molecule has 0 radical (unpaired) electrons. The molecule has 0 heterocycles. The summed E-state index contributed by atoms with van der Waals surface area (Å²) >= 11 is 0. The van der Waals surface area contributed by atoms with Gasteiger partial charge in [-0.2, -0.15) is 0 Å². The second-order valence-electron chi connectivity index (χ2n) is 2.90. The number of carbonyl (C=O) groups is 1. The van der Waals surface area contributed by atoms with Crippen LogP contribution < -0.4 is 5.32 Å². The summed E-state index contributed by atoms with van der Waals surface area (Å²) < 4.78 is 0. The molecule has 70 valence electrons. The minimum atomic E-state index is -0.0659. The second kappa shape index (κ2) is 4.50. The lowest BCUT2D eigenvalue weighted by molar-refractivity contribution is 0.209. The van der Waals surface area contributed by atoms with Crippen LogP contribution in [0.2, 0.25) is 0 Å². The number of hydrogen-bond donors (Lipinski definition) is 1. The van der Waals surface area contributed by atoms with Crippen molar-refractivity contribution in [2.24, 2.45) is 0 Å². The third-order valence-electron chi connectivity index (χ3n) is 1.82. The van der Waals surface area contributed by atoms with Crippen molar-refractivity contribution in [2.75, 3.05) is 14.1 Å². The maximum atomic E-state index is 11.1. The van der Waals surface area contributed by atoms with Gasteiger partial charge in [0.2, 0.25) is 0 Å². The number of benzene rings is 1. The van der Waals surface area contributed by atoms with Gasteiger partial charge in [0.15, 0.2) is 0 Å². The summed E-state index contributed by atoms with van der Waals surface area (Å²) in [5.74, 6) is 0. The molecule has 0 saturated carbocycles. The average molecular weight is 178 g/mol. The van der Waals surface area contributed by atoms with E-state index in [0.717, 1.165) is 5.56 Å². The van der Waals surface area contributed by atoms with Crippen LogP contribution in [-0.4, -0.2) is 25.0 Å². The first-order chi connectivity index (χ1) is 6.24. The molecular formula is C10H14N2O. The average Bonchev–Trinajstić information content (AvgIpc) is 2.18. The molecule has 0 aliphatic carbocycles. The van der Waals surface area contributed by atoms with Crippen LogP contribution in [0.25, 0.3) is 0 Å². The Bertz CT molecular complexity index is 272. The van der Waals surface area contributed by atoms with Gasteiger partial charge in [-0.25, -0.2) is 4.79 Å². The molecule has 13 heavy (non-hydrogen) atoms. The van der Waals surface area contributed by atoms with Gasteiger partial charge in [0.25, 0.3) is 0 Å². The molecule has 3 heteroatoms. The zero-order valence-corrected chi connectivity index (χ0v) is 7.95. The van der Waals surface area contributed by atoms with Crippen molar-refractivity contribution in [2.45, 2.75) is 6.54 Å². The summed E-state index contributed by atoms with van der Waals surface area (Å²) in [5, 5.41) is 2.57. The van der Waals surface area contributed by atoms with E-state index in [4.69, 9.17) is 0 Å². The topological polar surface area (TPSA) is 32.3 Å². The lowest BCUT2D eigenvalue weighted by Crippen LogP contribution is -2.34. The number of hydrogen-bond acceptors (Lipinski definition) is 1. The van der Waals surface area contributed by atoms with Crippen LogP contribution in [0.3, 0.4) is 0 Å². The Kier molecular flexibility index (Phi) is 3.31. The van der Waals surface area contributed by atoms with Gasteiger partial charge >= 0.3 is 6.03 Å². The molecule has 0 atom stereocenters. The van der Waals surface area contributed by atoms with Crippen LogP contribution in [0.1, 0.15) is 5.56 Å². The number of amides is 2. The van der Waals surface area contributed by atoms with Crippen molar-refractivity contribution in [3.63, 3.8) is 0 Å². The SMILES string of the molecule is CNC(=O)N(C)Cc1ccccc1. The first-order valence-electron chi connectivity index (χ1n) is 4.21. The molecule has 1 aromatic rings. The minimum Gasteiger partial charge on any atom is -0.341 e. The van der Waals surface area contributed by atoms with E-state index in [1.165, 1.54) is 0 Å². The maximum absolute atomic E-state index is 11.1. The van der Waals surface area contributed by atoms with Gasteiger partial charge in [-0.05, 0) is 5.56 Å². The fraction of sp³-hybridized carbons (Fsp3) is 0.300. The van der Waals surface area contributed by atoms with Gasteiger partial charge in [-0.3, -0.25) is 0 Å². The summed E-state index contributed by atoms with van der Waals surface area (Å²) in [6, 6.07) is 9.83. The third-order valence-corrected chi connectivity index (χ3v) is 1.82. The monoisotopic (exact) mass is 178 g/mol. The number of rotatable bonds is 2. The Morgan fingerprint density at radius 1 is 1.38 bits per heavy atom. The fourth-order valence-electron chi connectivity index (χ4n) is 1.12. The molecule has 0 aliphatic heterocycles. The van der Waals surface area contributed by atoms with Crippen molar-refractivity contribution in [1.29, 1.82) is 0 Å². The predicted molar refractivity (Wildman–Crippen MR) is 52.4 cm³/mol. The maximum Gasteiger partial charge on any atom is 0.317 e. The van der Waals surface area contributed by atoms with Crippen molar-refractivity contribution < 1.29 is 4.79 Å². The Morgan fingerprint density at radius 2 is 2.00 bits per heavy atom. The van der Waals surface area contributed by atoms with E-state index in [2.05, 4.69) is 5.32 Å². The normalized spacial score (nSPS) is 9.38. The third kappa shape index (κ3) is 2.78. The van der Waals surface area contributed by atoms with E-state index in [1.54, 1.807) is 19.0 Å². The molecule has 0 aromatic heterocycles. The first-order valence-corrected chi connectivity index (χ1v) is 4.21. The van der Waals surface area contributed by atoms with E-state index < -0.39 is 0 Å². The zero-order chi connectivity index (χ0) is 9.68. The van der Waals surface area contributed by atoms with Crippen LogP contribution >= 0.6 is 0 Å². The second-order valence-corrected chi connectivity index (χ2v) is 2.90. The van der Waals surface area contributed by atoms with Crippen molar-refractivity contribution in [3.8, 4) is 0 Å². The van der Waals surface area contributed by atoms with Crippen molar-refractivity contribution >= 4 is 6.03 Å². The summed E-state index contributed by atoms with van der Waals surface area (Å²) in [4.78, 5) is 12.8. The highest BCUT2D eigenvalue weighted by molar-refractivity contribution is 5.73. The largest absolute Gasteiger partial charge is 0.341 e. The summed E-state index contributed by atoms with van der Waals surface area (Å²) in [6.07, 6.45) is 0. The van der Waals surface area contributed by atoms with Gasteiger partial charge in [-0.1, -0.05) is 30.3 Å². The molecule has 3 nitrogen and oxygen atoms in total. The van der Waals surface area contributed by atoms with Gasteiger partial charge in [0.05, 0.1) is 0 Å².